The minimum atomic E-state index is -4.47. The van der Waals surface area contributed by atoms with E-state index in [1.54, 1.807) is 18.2 Å². The third-order valence-corrected chi connectivity index (χ3v) is 3.55. The summed E-state index contributed by atoms with van der Waals surface area (Å²) in [6.07, 6.45) is -3.17. The van der Waals surface area contributed by atoms with Crippen molar-refractivity contribution in [3.05, 3.63) is 66.0 Å². The van der Waals surface area contributed by atoms with E-state index in [4.69, 9.17) is 4.74 Å². The smallest absolute Gasteiger partial charge is 0.416 e. The van der Waals surface area contributed by atoms with Gasteiger partial charge in [-0.15, -0.1) is 5.10 Å². The molecule has 0 aliphatic heterocycles. The molecule has 8 nitrogen and oxygen atoms in total. The zero-order valence-electron chi connectivity index (χ0n) is 14.1. The quantitative estimate of drug-likeness (QED) is 0.671. The molecule has 0 aliphatic carbocycles. The monoisotopic (exact) mass is 391 g/mol. The van der Waals surface area contributed by atoms with E-state index in [0.717, 1.165) is 24.3 Å². The molecule has 3 rings (SSSR count). The number of nitrogens with one attached hydrogen (secondary N) is 1. The van der Waals surface area contributed by atoms with Crippen LogP contribution in [-0.2, 0) is 15.7 Å². The number of tetrazole rings is 1. The second kappa shape index (κ2) is 7.86. The molecule has 144 valence electrons. The van der Waals surface area contributed by atoms with E-state index < -0.39 is 30.2 Å². The van der Waals surface area contributed by atoms with Gasteiger partial charge in [-0.1, -0.05) is 12.1 Å². The molecule has 0 saturated carbocycles. The topological polar surface area (TPSA) is 99.0 Å². The Labute approximate surface area is 155 Å². The first-order chi connectivity index (χ1) is 13.3. The Bertz CT molecular complexity index is 972. The van der Waals surface area contributed by atoms with Crippen molar-refractivity contribution < 1.29 is 27.5 Å². The first-order valence-corrected chi connectivity index (χ1v) is 7.81. The molecular formula is C17H12F3N5O3. The second-order valence-corrected chi connectivity index (χ2v) is 5.47. The highest BCUT2D eigenvalue weighted by atomic mass is 19.4. The number of carbonyl (C=O) groups excluding carboxylic acids is 2. The predicted octanol–water partition coefficient (Wildman–Crippen LogP) is 2.48. The molecule has 28 heavy (non-hydrogen) atoms. The molecule has 0 radical (unpaired) electrons. The maximum absolute atomic E-state index is 12.5. The molecule has 1 amide bonds. The van der Waals surface area contributed by atoms with Crippen molar-refractivity contribution in [2.45, 2.75) is 6.18 Å². The van der Waals surface area contributed by atoms with Crippen LogP contribution in [0.25, 0.3) is 5.69 Å². The lowest BCUT2D eigenvalue weighted by molar-refractivity contribution is -0.137. The van der Waals surface area contributed by atoms with Crippen molar-refractivity contribution in [2.75, 3.05) is 11.9 Å². The van der Waals surface area contributed by atoms with Crippen molar-refractivity contribution in [3.63, 3.8) is 0 Å². The van der Waals surface area contributed by atoms with Crippen molar-refractivity contribution in [3.8, 4) is 5.69 Å². The number of carbonyl (C=O) groups is 2. The van der Waals surface area contributed by atoms with Crippen LogP contribution in [0.3, 0.4) is 0 Å². The second-order valence-electron chi connectivity index (χ2n) is 5.47. The van der Waals surface area contributed by atoms with Crippen molar-refractivity contribution in [1.82, 2.24) is 20.2 Å². The van der Waals surface area contributed by atoms with Crippen molar-refractivity contribution in [1.29, 1.82) is 0 Å². The van der Waals surface area contributed by atoms with Crippen LogP contribution in [0.15, 0.2) is 54.9 Å². The number of ether oxygens (including phenoxy) is 1. The predicted molar refractivity (Wildman–Crippen MR) is 89.5 cm³/mol. The standard InChI is InChI=1S/C17H12F3N5O3/c18-17(19,20)11-5-7-12(8-6-11)22-15(26)9-28-16(27)13-3-1-2-4-14(13)25-10-21-23-24-25/h1-8,10H,9H2,(H,22,26). The normalized spacial score (nSPS) is 11.1. The summed E-state index contributed by atoms with van der Waals surface area (Å²) in [6, 6.07) is 10.2. The highest BCUT2D eigenvalue weighted by Crippen LogP contribution is 2.29. The Kier molecular flexibility index (Phi) is 5.34. The number of esters is 1. The Hall–Kier alpha value is -3.76. The molecule has 2 aromatic carbocycles. The summed E-state index contributed by atoms with van der Waals surface area (Å²) < 4.78 is 43.8. The summed E-state index contributed by atoms with van der Waals surface area (Å²) in [5.74, 6) is -1.48. The summed E-state index contributed by atoms with van der Waals surface area (Å²) in [6.45, 7) is -0.621. The highest BCUT2D eigenvalue weighted by molar-refractivity contribution is 5.97. The highest BCUT2D eigenvalue weighted by Gasteiger charge is 2.30. The fourth-order valence-electron chi connectivity index (χ4n) is 2.27. The van der Waals surface area contributed by atoms with E-state index >= 15 is 0 Å². The van der Waals surface area contributed by atoms with Gasteiger partial charge in [-0.3, -0.25) is 4.79 Å². The molecule has 1 N–H and O–H groups in total. The Morgan fingerprint density at radius 1 is 1.07 bits per heavy atom. The van der Waals surface area contributed by atoms with Gasteiger partial charge in [0.05, 0.1) is 16.8 Å². The zero-order valence-corrected chi connectivity index (χ0v) is 14.1. The van der Waals surface area contributed by atoms with E-state index in [2.05, 4.69) is 20.8 Å². The number of aromatic nitrogens is 4. The number of alkyl halides is 3. The van der Waals surface area contributed by atoms with Gasteiger partial charge in [-0.25, -0.2) is 4.79 Å². The Morgan fingerprint density at radius 2 is 1.79 bits per heavy atom. The number of anilines is 1. The molecule has 1 heterocycles. The molecular weight excluding hydrogens is 379 g/mol. The lowest BCUT2D eigenvalue weighted by Gasteiger charge is -2.10. The summed E-state index contributed by atoms with van der Waals surface area (Å²) in [4.78, 5) is 24.2. The Balaban J connectivity index is 1.60. The molecule has 0 fully saturated rings. The summed E-state index contributed by atoms with van der Waals surface area (Å²) in [5.41, 5.74) is -0.197. The SMILES string of the molecule is O=C(COC(=O)c1ccccc1-n1cnnn1)Nc1ccc(C(F)(F)F)cc1. The molecule has 0 spiro atoms. The average molecular weight is 391 g/mol. The number of hydrogen-bond acceptors (Lipinski definition) is 6. The summed E-state index contributed by atoms with van der Waals surface area (Å²) in [7, 11) is 0. The van der Waals surface area contributed by atoms with E-state index in [1.165, 1.54) is 17.1 Å². The van der Waals surface area contributed by atoms with E-state index in [0.29, 0.717) is 5.69 Å². The molecule has 1 aromatic heterocycles. The van der Waals surface area contributed by atoms with Crippen LogP contribution in [0.4, 0.5) is 18.9 Å². The van der Waals surface area contributed by atoms with Gasteiger partial charge in [0.1, 0.15) is 6.33 Å². The van der Waals surface area contributed by atoms with Crippen molar-refractivity contribution in [2.24, 2.45) is 0 Å². The van der Waals surface area contributed by atoms with Gasteiger partial charge in [0.25, 0.3) is 5.91 Å². The van der Waals surface area contributed by atoms with Gasteiger partial charge in [-0.2, -0.15) is 17.9 Å². The van der Waals surface area contributed by atoms with Gasteiger partial charge in [0.2, 0.25) is 0 Å². The largest absolute Gasteiger partial charge is 0.452 e. The van der Waals surface area contributed by atoms with Crippen LogP contribution < -0.4 is 5.32 Å². The van der Waals surface area contributed by atoms with Gasteiger partial charge in [0, 0.05) is 5.69 Å². The third kappa shape index (κ3) is 4.50. The van der Waals surface area contributed by atoms with Crippen molar-refractivity contribution >= 4 is 17.6 Å². The summed E-state index contributed by atoms with van der Waals surface area (Å²) >= 11 is 0. The number of rotatable bonds is 5. The lowest BCUT2D eigenvalue weighted by Crippen LogP contribution is -2.21. The Morgan fingerprint density at radius 3 is 2.43 bits per heavy atom. The molecule has 0 saturated heterocycles. The molecule has 0 unspecified atom stereocenters. The average Bonchev–Trinajstić information content (AvgIpc) is 3.20. The van der Waals surface area contributed by atoms with Crippen LogP contribution in [0.2, 0.25) is 0 Å². The number of nitrogens with zero attached hydrogens (tertiary/aromatic N) is 4. The van der Waals surface area contributed by atoms with E-state index in [9.17, 15) is 22.8 Å². The van der Waals surface area contributed by atoms with Gasteiger partial charge < -0.3 is 10.1 Å². The molecule has 11 heteroatoms. The van der Waals surface area contributed by atoms with Crippen LogP contribution in [0, 0.1) is 0 Å². The lowest BCUT2D eigenvalue weighted by atomic mass is 10.2. The molecule has 0 atom stereocenters. The van der Waals surface area contributed by atoms with Crippen LogP contribution >= 0.6 is 0 Å². The van der Waals surface area contributed by atoms with Gasteiger partial charge in [0.15, 0.2) is 6.61 Å². The van der Waals surface area contributed by atoms with Crippen LogP contribution in [-0.4, -0.2) is 38.7 Å². The first-order valence-electron chi connectivity index (χ1n) is 7.81. The van der Waals surface area contributed by atoms with Crippen LogP contribution in [0.5, 0.6) is 0 Å². The maximum atomic E-state index is 12.5. The number of halogens is 3. The summed E-state index contributed by atoms with van der Waals surface area (Å²) in [5, 5.41) is 13.0. The number of amides is 1. The van der Waals surface area contributed by atoms with Gasteiger partial charge in [-0.05, 0) is 46.8 Å². The first kappa shape index (κ1) is 19.0. The minimum Gasteiger partial charge on any atom is -0.452 e. The minimum absolute atomic E-state index is 0.136. The van der Waals surface area contributed by atoms with E-state index in [1.807, 2.05) is 0 Å². The van der Waals surface area contributed by atoms with Crippen LogP contribution in [0.1, 0.15) is 15.9 Å². The molecule has 0 bridgehead atoms. The third-order valence-electron chi connectivity index (χ3n) is 3.55. The maximum Gasteiger partial charge on any atom is 0.416 e. The van der Waals surface area contributed by atoms with Gasteiger partial charge >= 0.3 is 12.1 Å². The number of hydrogen-bond donors (Lipinski definition) is 1. The number of para-hydroxylation sites is 1. The number of benzene rings is 2. The molecule has 3 aromatic rings. The van der Waals surface area contributed by atoms with E-state index in [-0.39, 0.29) is 11.3 Å². The zero-order chi connectivity index (χ0) is 20.1. The molecule has 0 aliphatic rings. The fourth-order valence-corrected chi connectivity index (χ4v) is 2.27. The fraction of sp³-hybridized carbons (Fsp3) is 0.118.